The zero-order valence-electron chi connectivity index (χ0n) is 15.2. The second kappa shape index (κ2) is 6.14. The standard InChI is InChI=1S/C20H24N4O3/c25-16-5-4-15(18(26)23-16)24-10-13-3-1-2-12(17(13)19(24)27)9-22-20-7-6-14(8-20)21-11-20/h1-3,14-15,21-22H,4-11H2,(H,23,25,26). The van der Waals surface area contributed by atoms with Crippen molar-refractivity contribution in [3.8, 4) is 0 Å². The molecule has 2 saturated heterocycles. The number of rotatable bonds is 4. The predicted octanol–water partition coefficient (Wildman–Crippen LogP) is 0.432. The number of carbonyl (C=O) groups is 3. The van der Waals surface area contributed by atoms with E-state index in [1.165, 1.54) is 12.8 Å². The molecule has 4 aliphatic rings. The van der Waals surface area contributed by atoms with Crippen LogP contribution < -0.4 is 16.0 Å². The van der Waals surface area contributed by atoms with Crippen molar-refractivity contribution < 1.29 is 14.4 Å². The first-order chi connectivity index (χ1) is 13.0. The molecule has 1 aliphatic carbocycles. The first-order valence-corrected chi connectivity index (χ1v) is 9.78. The Hall–Kier alpha value is -2.25. The van der Waals surface area contributed by atoms with Crippen molar-refractivity contribution in [2.24, 2.45) is 0 Å². The molecule has 7 nitrogen and oxygen atoms in total. The van der Waals surface area contributed by atoms with E-state index in [0.29, 0.717) is 25.6 Å². The average Bonchev–Trinajstić information content (AvgIpc) is 3.34. The van der Waals surface area contributed by atoms with E-state index in [0.717, 1.165) is 29.7 Å². The molecule has 1 saturated carbocycles. The molecule has 3 atom stereocenters. The molecule has 2 bridgehead atoms. The number of amides is 3. The van der Waals surface area contributed by atoms with Crippen LogP contribution in [0.2, 0.25) is 0 Å². The number of carbonyl (C=O) groups excluding carboxylic acids is 3. The second-order valence-corrected chi connectivity index (χ2v) is 8.31. The Balaban J connectivity index is 1.35. The van der Waals surface area contributed by atoms with Gasteiger partial charge < -0.3 is 15.5 Å². The summed E-state index contributed by atoms with van der Waals surface area (Å²) in [5, 5.41) is 9.60. The van der Waals surface area contributed by atoms with Crippen LogP contribution in [0.4, 0.5) is 0 Å². The number of piperidine rings is 2. The summed E-state index contributed by atoms with van der Waals surface area (Å²) >= 11 is 0. The number of nitrogens with zero attached hydrogens (tertiary/aromatic N) is 1. The van der Waals surface area contributed by atoms with Crippen molar-refractivity contribution in [3.05, 3.63) is 34.9 Å². The number of nitrogens with one attached hydrogen (secondary N) is 3. The summed E-state index contributed by atoms with van der Waals surface area (Å²) in [6, 6.07) is 6.02. The Bertz CT molecular complexity index is 829. The van der Waals surface area contributed by atoms with Crippen LogP contribution in [0.25, 0.3) is 0 Å². The van der Waals surface area contributed by atoms with Crippen LogP contribution >= 0.6 is 0 Å². The molecule has 27 heavy (non-hydrogen) atoms. The van der Waals surface area contributed by atoms with Gasteiger partial charge in [-0.2, -0.15) is 0 Å². The highest BCUT2D eigenvalue weighted by molar-refractivity contribution is 6.05. The van der Waals surface area contributed by atoms with Crippen molar-refractivity contribution in [3.63, 3.8) is 0 Å². The summed E-state index contributed by atoms with van der Waals surface area (Å²) in [5.41, 5.74) is 2.84. The second-order valence-electron chi connectivity index (χ2n) is 8.31. The first-order valence-electron chi connectivity index (χ1n) is 9.78. The number of benzene rings is 1. The van der Waals surface area contributed by atoms with Crippen molar-refractivity contribution in [2.75, 3.05) is 6.54 Å². The third-order valence-corrected chi connectivity index (χ3v) is 6.63. The minimum Gasteiger partial charge on any atom is -0.322 e. The monoisotopic (exact) mass is 368 g/mol. The number of imide groups is 1. The van der Waals surface area contributed by atoms with Gasteiger partial charge in [-0.3, -0.25) is 19.7 Å². The third kappa shape index (κ3) is 2.76. The smallest absolute Gasteiger partial charge is 0.255 e. The summed E-state index contributed by atoms with van der Waals surface area (Å²) < 4.78 is 0. The average molecular weight is 368 g/mol. The van der Waals surface area contributed by atoms with E-state index in [1.807, 2.05) is 18.2 Å². The van der Waals surface area contributed by atoms with Crippen LogP contribution in [-0.2, 0) is 22.7 Å². The Morgan fingerprint density at radius 3 is 2.81 bits per heavy atom. The maximum Gasteiger partial charge on any atom is 0.255 e. The van der Waals surface area contributed by atoms with Crippen LogP contribution in [-0.4, -0.2) is 46.8 Å². The molecule has 1 aromatic carbocycles. The van der Waals surface area contributed by atoms with Gasteiger partial charge in [-0.05, 0) is 36.8 Å². The molecule has 1 aromatic rings. The third-order valence-electron chi connectivity index (χ3n) is 6.63. The Labute approximate surface area is 157 Å². The lowest BCUT2D eigenvalue weighted by molar-refractivity contribution is -0.136. The minimum atomic E-state index is -0.559. The minimum absolute atomic E-state index is 0.0942. The van der Waals surface area contributed by atoms with Crippen molar-refractivity contribution in [2.45, 2.75) is 62.8 Å². The molecule has 3 amide bonds. The zero-order chi connectivity index (χ0) is 18.6. The lowest BCUT2D eigenvalue weighted by Gasteiger charge is -2.29. The van der Waals surface area contributed by atoms with Gasteiger partial charge in [0.1, 0.15) is 6.04 Å². The predicted molar refractivity (Wildman–Crippen MR) is 97.7 cm³/mol. The van der Waals surface area contributed by atoms with E-state index in [9.17, 15) is 14.4 Å². The molecule has 0 radical (unpaired) electrons. The van der Waals surface area contributed by atoms with Gasteiger partial charge >= 0.3 is 0 Å². The van der Waals surface area contributed by atoms with Crippen molar-refractivity contribution in [1.82, 2.24) is 20.9 Å². The molecular formula is C20H24N4O3. The van der Waals surface area contributed by atoms with Gasteiger partial charge in [0.15, 0.2) is 0 Å². The van der Waals surface area contributed by atoms with Gasteiger partial charge in [-0.15, -0.1) is 0 Å². The Morgan fingerprint density at radius 1 is 1.22 bits per heavy atom. The van der Waals surface area contributed by atoms with E-state index in [1.54, 1.807) is 4.90 Å². The summed E-state index contributed by atoms with van der Waals surface area (Å²) in [6.07, 6.45) is 4.21. The summed E-state index contributed by atoms with van der Waals surface area (Å²) in [5.74, 6) is -0.715. The van der Waals surface area contributed by atoms with Crippen LogP contribution in [0.3, 0.4) is 0 Å². The molecule has 7 heteroatoms. The highest BCUT2D eigenvalue weighted by Crippen LogP contribution is 2.36. The summed E-state index contributed by atoms with van der Waals surface area (Å²) in [7, 11) is 0. The zero-order valence-corrected chi connectivity index (χ0v) is 15.2. The number of hydrogen-bond acceptors (Lipinski definition) is 5. The fourth-order valence-corrected chi connectivity index (χ4v) is 5.14. The molecular weight excluding hydrogens is 344 g/mol. The normalized spacial score (nSPS) is 32.1. The highest BCUT2D eigenvalue weighted by Gasteiger charge is 2.45. The lowest BCUT2D eigenvalue weighted by Crippen LogP contribution is -2.52. The first kappa shape index (κ1) is 16.9. The van der Waals surface area contributed by atoms with Gasteiger partial charge in [0.05, 0.1) is 0 Å². The lowest BCUT2D eigenvalue weighted by atomic mass is 9.97. The molecule has 0 aromatic heterocycles. The number of hydrogen-bond donors (Lipinski definition) is 3. The largest absolute Gasteiger partial charge is 0.322 e. The van der Waals surface area contributed by atoms with E-state index >= 15 is 0 Å². The molecule has 0 spiro atoms. The number of fused-ring (bicyclic) bond motifs is 3. The molecule has 3 fully saturated rings. The van der Waals surface area contributed by atoms with Gasteiger partial charge in [-0.25, -0.2) is 0 Å². The van der Waals surface area contributed by atoms with Gasteiger partial charge in [-0.1, -0.05) is 18.2 Å². The van der Waals surface area contributed by atoms with Gasteiger partial charge in [0.2, 0.25) is 11.8 Å². The van der Waals surface area contributed by atoms with Crippen LogP contribution in [0, 0.1) is 0 Å². The molecule has 3 aliphatic heterocycles. The van der Waals surface area contributed by atoms with Crippen LogP contribution in [0.15, 0.2) is 18.2 Å². The quantitative estimate of drug-likeness (QED) is 0.671. The van der Waals surface area contributed by atoms with E-state index < -0.39 is 6.04 Å². The Morgan fingerprint density at radius 2 is 2.11 bits per heavy atom. The van der Waals surface area contributed by atoms with Gasteiger partial charge in [0, 0.05) is 43.2 Å². The molecule has 3 unspecified atom stereocenters. The van der Waals surface area contributed by atoms with Crippen molar-refractivity contribution >= 4 is 17.7 Å². The van der Waals surface area contributed by atoms with Crippen LogP contribution in [0.1, 0.15) is 53.6 Å². The van der Waals surface area contributed by atoms with Crippen LogP contribution in [0.5, 0.6) is 0 Å². The van der Waals surface area contributed by atoms with Gasteiger partial charge in [0.25, 0.3) is 5.91 Å². The highest BCUT2D eigenvalue weighted by atomic mass is 16.2. The van der Waals surface area contributed by atoms with E-state index in [-0.39, 0.29) is 29.7 Å². The molecule has 5 rings (SSSR count). The molecule has 3 heterocycles. The topological polar surface area (TPSA) is 90.5 Å². The van der Waals surface area contributed by atoms with Crippen molar-refractivity contribution in [1.29, 1.82) is 0 Å². The van der Waals surface area contributed by atoms with E-state index in [2.05, 4.69) is 16.0 Å². The molecule has 142 valence electrons. The fraction of sp³-hybridized carbons (Fsp3) is 0.550. The summed E-state index contributed by atoms with van der Waals surface area (Å²) in [4.78, 5) is 38.4. The fourth-order valence-electron chi connectivity index (χ4n) is 5.14. The SMILES string of the molecule is O=C1CCC(N2Cc3cccc(CNC45CCC(C4)NC5)c3C2=O)C(=O)N1. The molecule has 3 N–H and O–H groups in total. The van der Waals surface area contributed by atoms with E-state index in [4.69, 9.17) is 0 Å². The maximum atomic E-state index is 13.1. The summed E-state index contributed by atoms with van der Waals surface area (Å²) in [6.45, 7) is 2.08. The Kier molecular flexibility index (Phi) is 3.84. The maximum absolute atomic E-state index is 13.1.